The van der Waals surface area contributed by atoms with E-state index in [2.05, 4.69) is 42.5 Å². The summed E-state index contributed by atoms with van der Waals surface area (Å²) in [5, 5.41) is 16.4. The van der Waals surface area contributed by atoms with Crippen LogP contribution in [0.4, 0.5) is 21.9 Å². The molecule has 0 aliphatic carbocycles. The number of nitro groups is 1. The topological polar surface area (TPSA) is 148 Å². The molecule has 1 heterocycles. The van der Waals surface area contributed by atoms with Gasteiger partial charge in [0, 0.05) is 32.9 Å². The second-order valence-electron chi connectivity index (χ2n) is 8.34. The van der Waals surface area contributed by atoms with Crippen LogP contribution in [0.3, 0.4) is 0 Å². The highest BCUT2D eigenvalue weighted by Crippen LogP contribution is 2.35. The monoisotopic (exact) mass is 690 g/mol. The van der Waals surface area contributed by atoms with Crippen molar-refractivity contribution in [3.63, 3.8) is 0 Å². The number of halogens is 3. The molecule has 0 aromatic heterocycles. The molecule has 0 bridgehead atoms. The van der Waals surface area contributed by atoms with Crippen molar-refractivity contribution in [2.75, 3.05) is 16.8 Å². The van der Waals surface area contributed by atoms with E-state index < -0.39 is 40.9 Å². The average molecular weight is 693 g/mol. The first-order valence-electron chi connectivity index (χ1n) is 11.3. The molecule has 2 N–H and O–H groups in total. The third-order valence-corrected chi connectivity index (χ3v) is 6.99. The molecule has 40 heavy (non-hydrogen) atoms. The van der Waals surface area contributed by atoms with Crippen LogP contribution in [0.15, 0.2) is 69.1 Å². The smallest absolute Gasteiger partial charge is 0.335 e. The summed E-state index contributed by atoms with van der Waals surface area (Å²) in [6.45, 7) is 1.40. The first-order chi connectivity index (χ1) is 18.9. The minimum absolute atomic E-state index is 0.102. The van der Waals surface area contributed by atoms with Crippen molar-refractivity contribution in [3.8, 4) is 5.75 Å². The Balaban J connectivity index is 1.63. The third kappa shape index (κ3) is 6.38. The molecule has 3 aromatic carbocycles. The predicted molar refractivity (Wildman–Crippen MR) is 154 cm³/mol. The number of anilines is 2. The van der Waals surface area contributed by atoms with Crippen molar-refractivity contribution < 1.29 is 28.8 Å². The fourth-order valence-electron chi connectivity index (χ4n) is 3.64. The number of ether oxygens (including phenoxy) is 1. The van der Waals surface area contributed by atoms with Crippen LogP contribution in [0.1, 0.15) is 11.1 Å². The van der Waals surface area contributed by atoms with Gasteiger partial charge in [0.15, 0.2) is 6.61 Å². The first kappa shape index (κ1) is 28.9. The molecule has 0 atom stereocenters. The number of carbonyl (C=O) groups excluding carboxylic acids is 4. The molecular weight excluding hydrogens is 676 g/mol. The molecule has 0 saturated carbocycles. The minimum atomic E-state index is -1.06. The molecule has 1 aliphatic rings. The zero-order chi connectivity index (χ0) is 29.1. The van der Waals surface area contributed by atoms with Crippen molar-refractivity contribution in [3.05, 3.63) is 95.4 Å². The van der Waals surface area contributed by atoms with Gasteiger partial charge in [-0.15, -0.1) is 0 Å². The van der Waals surface area contributed by atoms with Crippen LogP contribution in [0, 0.1) is 17.0 Å². The Bertz CT molecular complexity index is 1630. The highest BCUT2D eigenvalue weighted by molar-refractivity contribution is 9.11. The Labute approximate surface area is 248 Å². The van der Waals surface area contributed by atoms with Crippen molar-refractivity contribution >= 4 is 90.4 Å². The lowest BCUT2D eigenvalue weighted by Crippen LogP contribution is -2.54. The molecule has 0 unspecified atom stereocenters. The summed E-state index contributed by atoms with van der Waals surface area (Å²) in [5.41, 5.74) is 0.642. The summed E-state index contributed by atoms with van der Waals surface area (Å²) in [6.07, 6.45) is 1.19. The molecule has 0 radical (unpaired) electrons. The number of nitro benzene ring substituents is 1. The van der Waals surface area contributed by atoms with Gasteiger partial charge in [0.1, 0.15) is 11.3 Å². The molecule has 3 aromatic rings. The van der Waals surface area contributed by atoms with Gasteiger partial charge in [0.25, 0.3) is 23.4 Å². The van der Waals surface area contributed by atoms with Crippen molar-refractivity contribution in [2.45, 2.75) is 6.92 Å². The van der Waals surface area contributed by atoms with Crippen LogP contribution in [0.25, 0.3) is 6.08 Å². The van der Waals surface area contributed by atoms with Gasteiger partial charge in [-0.2, -0.15) is 0 Å². The summed E-state index contributed by atoms with van der Waals surface area (Å²) >= 11 is 12.8. The number of aryl methyl sites for hydroxylation is 1. The van der Waals surface area contributed by atoms with Gasteiger partial charge >= 0.3 is 6.03 Å². The number of carbonyl (C=O) groups is 4. The van der Waals surface area contributed by atoms with Gasteiger partial charge in [-0.05, 0) is 64.8 Å². The summed E-state index contributed by atoms with van der Waals surface area (Å²) in [6, 6.07) is 12.0. The molecule has 1 aliphatic heterocycles. The second kappa shape index (κ2) is 12.0. The zero-order valence-electron chi connectivity index (χ0n) is 20.4. The maximum atomic E-state index is 13.3. The Morgan fingerprint density at radius 3 is 2.60 bits per heavy atom. The largest absolute Gasteiger partial charge is 0.482 e. The van der Waals surface area contributed by atoms with Crippen LogP contribution < -0.4 is 20.3 Å². The Morgan fingerprint density at radius 2 is 1.90 bits per heavy atom. The summed E-state index contributed by atoms with van der Waals surface area (Å²) in [5.74, 6) is -2.35. The molecule has 4 rings (SSSR count). The Kier molecular flexibility index (Phi) is 8.67. The van der Waals surface area contributed by atoms with Crippen LogP contribution >= 0.6 is 43.5 Å². The van der Waals surface area contributed by atoms with E-state index in [1.54, 1.807) is 30.3 Å². The Morgan fingerprint density at radius 1 is 1.15 bits per heavy atom. The number of rotatable bonds is 7. The molecule has 5 amide bonds. The molecule has 11 nitrogen and oxygen atoms in total. The lowest BCUT2D eigenvalue weighted by atomic mass is 10.1. The lowest BCUT2D eigenvalue weighted by Gasteiger charge is -2.26. The van der Waals surface area contributed by atoms with Gasteiger partial charge in [0.2, 0.25) is 0 Å². The standard InChI is InChI=1S/C26H17Br2ClN4O7/c1-13-5-6-16(10-21(13)29)30-22(34)12-40-23-14(7-15(27)9-20(23)28)8-19-24(35)31-26(37)32(25(19)36)17-3-2-4-18(11-17)33(38)39/h2-11H,12H2,1H3,(H,30,34)(H,31,35,37)/b19-8-. The number of amides is 5. The number of barbiturate groups is 1. The molecule has 204 valence electrons. The maximum Gasteiger partial charge on any atom is 0.335 e. The minimum Gasteiger partial charge on any atom is -0.482 e. The Hall–Kier alpha value is -4.07. The number of urea groups is 1. The van der Waals surface area contributed by atoms with Gasteiger partial charge in [-0.1, -0.05) is 39.7 Å². The highest BCUT2D eigenvalue weighted by Gasteiger charge is 2.37. The highest BCUT2D eigenvalue weighted by atomic mass is 79.9. The number of benzene rings is 3. The van der Waals surface area contributed by atoms with Crippen LogP contribution in [-0.2, 0) is 14.4 Å². The van der Waals surface area contributed by atoms with Crippen molar-refractivity contribution in [2.24, 2.45) is 0 Å². The van der Waals surface area contributed by atoms with Crippen LogP contribution in [0.5, 0.6) is 5.75 Å². The average Bonchev–Trinajstić information content (AvgIpc) is 2.88. The van der Waals surface area contributed by atoms with E-state index in [-0.39, 0.29) is 22.7 Å². The fraction of sp³-hybridized carbons (Fsp3) is 0.0769. The number of hydrogen-bond acceptors (Lipinski definition) is 7. The molecule has 1 fully saturated rings. The van der Waals surface area contributed by atoms with Gasteiger partial charge in [0.05, 0.1) is 15.1 Å². The van der Waals surface area contributed by atoms with Gasteiger partial charge in [-0.3, -0.25) is 29.8 Å². The van der Waals surface area contributed by atoms with E-state index in [0.717, 1.165) is 11.6 Å². The van der Waals surface area contributed by atoms with E-state index in [9.17, 15) is 29.3 Å². The van der Waals surface area contributed by atoms with Crippen molar-refractivity contribution in [1.82, 2.24) is 5.32 Å². The molecular formula is C26H17Br2ClN4O7. The van der Waals surface area contributed by atoms with Crippen LogP contribution in [-0.4, -0.2) is 35.3 Å². The number of nitrogens with one attached hydrogen (secondary N) is 2. The number of nitrogens with zero attached hydrogens (tertiary/aromatic N) is 2. The van der Waals surface area contributed by atoms with E-state index in [0.29, 0.717) is 24.6 Å². The van der Waals surface area contributed by atoms with Gasteiger partial charge in [-0.25, -0.2) is 9.69 Å². The fourth-order valence-corrected chi connectivity index (χ4v) is 5.19. The number of hydrogen-bond donors (Lipinski definition) is 2. The quantitative estimate of drug-likeness (QED) is 0.138. The zero-order valence-corrected chi connectivity index (χ0v) is 24.3. The number of non-ortho nitro benzene ring substituents is 1. The lowest BCUT2D eigenvalue weighted by molar-refractivity contribution is -0.384. The summed E-state index contributed by atoms with van der Waals surface area (Å²) in [7, 11) is 0. The summed E-state index contributed by atoms with van der Waals surface area (Å²) in [4.78, 5) is 62.2. The predicted octanol–water partition coefficient (Wildman–Crippen LogP) is 5.77. The molecule has 1 saturated heterocycles. The first-order valence-corrected chi connectivity index (χ1v) is 13.2. The van der Waals surface area contributed by atoms with E-state index >= 15 is 0 Å². The van der Waals surface area contributed by atoms with Crippen LogP contribution in [0.2, 0.25) is 5.02 Å². The normalized spacial score (nSPS) is 14.2. The van der Waals surface area contributed by atoms with E-state index in [1.807, 2.05) is 6.92 Å². The SMILES string of the molecule is Cc1ccc(NC(=O)COc2c(Br)cc(Br)cc2/C=C2/C(=O)NC(=O)N(c3cccc([N+](=O)[O-])c3)C2=O)cc1Cl. The van der Waals surface area contributed by atoms with Gasteiger partial charge < -0.3 is 10.1 Å². The van der Waals surface area contributed by atoms with Crippen molar-refractivity contribution in [1.29, 1.82) is 0 Å². The maximum absolute atomic E-state index is 13.3. The third-order valence-electron chi connectivity index (χ3n) is 5.54. The summed E-state index contributed by atoms with van der Waals surface area (Å²) < 4.78 is 6.69. The molecule has 14 heteroatoms. The molecule has 0 spiro atoms. The second-order valence-corrected chi connectivity index (χ2v) is 10.5. The number of imide groups is 2. The van der Waals surface area contributed by atoms with E-state index in [1.165, 1.54) is 24.3 Å². The van der Waals surface area contributed by atoms with E-state index in [4.69, 9.17) is 16.3 Å².